The van der Waals surface area contributed by atoms with Crippen LogP contribution in [0.2, 0.25) is 0 Å². The van der Waals surface area contributed by atoms with Crippen LogP contribution in [0.15, 0.2) is 0 Å². The lowest BCUT2D eigenvalue weighted by atomic mass is 9.97. The highest BCUT2D eigenvalue weighted by Crippen LogP contribution is 2.36. The summed E-state index contributed by atoms with van der Waals surface area (Å²) in [5, 5.41) is 0. The maximum Gasteiger partial charge on any atom is 0.171 e. The van der Waals surface area contributed by atoms with Crippen LogP contribution in [0.3, 0.4) is 0 Å². The number of hydrogen-bond acceptors (Lipinski definition) is 3. The molecular weight excluding hydrogens is 384 g/mol. The molecule has 0 aromatic carbocycles. The summed E-state index contributed by atoms with van der Waals surface area (Å²) in [7, 11) is 0. The van der Waals surface area contributed by atoms with Gasteiger partial charge in [-0.25, -0.2) is 0 Å². The summed E-state index contributed by atoms with van der Waals surface area (Å²) < 4.78 is 20.1. The second-order valence-electron chi connectivity index (χ2n) is 9.53. The van der Waals surface area contributed by atoms with E-state index in [-0.39, 0.29) is 0 Å². The van der Waals surface area contributed by atoms with E-state index in [1.54, 1.807) is 0 Å². The van der Waals surface area contributed by atoms with Crippen LogP contribution >= 0.6 is 0 Å². The van der Waals surface area contributed by atoms with Gasteiger partial charge in [-0.3, -0.25) is 0 Å². The van der Waals surface area contributed by atoms with Crippen LogP contribution in [-0.4, -0.2) is 24.8 Å². The summed E-state index contributed by atoms with van der Waals surface area (Å²) >= 11 is 0. The predicted molar refractivity (Wildman–Crippen MR) is 135 cm³/mol. The van der Waals surface area contributed by atoms with Crippen LogP contribution < -0.4 is 0 Å². The van der Waals surface area contributed by atoms with E-state index in [9.17, 15) is 0 Å². The van der Waals surface area contributed by atoms with Gasteiger partial charge in [-0.2, -0.15) is 0 Å². The summed E-state index contributed by atoms with van der Waals surface area (Å²) in [5.74, 6) is 0.456. The molecule has 0 radical (unpaired) electrons. The van der Waals surface area contributed by atoms with E-state index >= 15 is 0 Å². The topological polar surface area (TPSA) is 27.7 Å². The van der Waals surface area contributed by atoms with Gasteiger partial charge in [-0.15, -0.1) is 0 Å². The van der Waals surface area contributed by atoms with Gasteiger partial charge in [0.05, 0.1) is 13.2 Å². The van der Waals surface area contributed by atoms with E-state index in [1.807, 2.05) is 0 Å². The van der Waals surface area contributed by atoms with Crippen molar-refractivity contribution in [3.63, 3.8) is 0 Å². The Hall–Kier alpha value is -0.120. The summed E-state index contributed by atoms with van der Waals surface area (Å²) in [6.07, 6.45) is 15.5. The van der Waals surface area contributed by atoms with Crippen molar-refractivity contribution in [1.29, 1.82) is 0 Å². The Bertz CT molecular complexity index is 364. The lowest BCUT2D eigenvalue weighted by Crippen LogP contribution is -2.48. The zero-order valence-electron chi connectivity index (χ0n) is 22.7. The minimum absolute atomic E-state index is 0.530. The monoisotopic (exact) mass is 442 g/mol. The van der Waals surface area contributed by atoms with Crippen molar-refractivity contribution in [2.75, 3.05) is 13.2 Å². The number of ether oxygens (including phenoxy) is 3. The first-order valence-corrected chi connectivity index (χ1v) is 13.9. The molecule has 0 bridgehead atoms. The van der Waals surface area contributed by atoms with Gasteiger partial charge in [0.15, 0.2) is 11.6 Å². The van der Waals surface area contributed by atoms with E-state index in [4.69, 9.17) is 14.2 Å². The molecular formula is C28H58O3. The van der Waals surface area contributed by atoms with Crippen LogP contribution in [-0.2, 0) is 14.2 Å². The zero-order chi connectivity index (χ0) is 23.6. The molecule has 0 heterocycles. The van der Waals surface area contributed by atoms with E-state index in [0.717, 1.165) is 76.4 Å². The van der Waals surface area contributed by atoms with Gasteiger partial charge in [-0.1, -0.05) is 107 Å². The third kappa shape index (κ3) is 12.1. The van der Waals surface area contributed by atoms with E-state index in [1.165, 1.54) is 38.5 Å². The molecule has 0 fully saturated rings. The molecule has 4 unspecified atom stereocenters. The van der Waals surface area contributed by atoms with Crippen molar-refractivity contribution < 1.29 is 14.2 Å². The lowest BCUT2D eigenvalue weighted by Gasteiger charge is -2.43. The van der Waals surface area contributed by atoms with Gasteiger partial charge in [0.1, 0.15) is 0 Å². The van der Waals surface area contributed by atoms with Crippen LogP contribution in [0.25, 0.3) is 0 Å². The number of hydrogen-bond donors (Lipinski definition) is 0. The fourth-order valence-electron chi connectivity index (χ4n) is 4.85. The second kappa shape index (κ2) is 18.3. The fraction of sp³-hybridized carbons (Fsp3) is 1.00. The molecule has 0 aliphatic rings. The Balaban J connectivity index is 5.27. The molecule has 0 aliphatic carbocycles. The van der Waals surface area contributed by atoms with E-state index in [2.05, 4.69) is 55.4 Å². The third-order valence-corrected chi connectivity index (χ3v) is 7.04. The van der Waals surface area contributed by atoms with Gasteiger partial charge >= 0.3 is 0 Å². The van der Waals surface area contributed by atoms with Crippen LogP contribution in [0.1, 0.15) is 145 Å². The van der Waals surface area contributed by atoms with Crippen LogP contribution in [0.4, 0.5) is 0 Å². The van der Waals surface area contributed by atoms with Crippen molar-refractivity contribution in [3.8, 4) is 0 Å². The average molecular weight is 443 g/mol. The molecule has 0 N–H and O–H groups in total. The lowest BCUT2D eigenvalue weighted by molar-refractivity contribution is -0.367. The molecule has 0 spiro atoms. The maximum atomic E-state index is 6.91. The van der Waals surface area contributed by atoms with Crippen molar-refractivity contribution in [1.82, 2.24) is 0 Å². The molecule has 3 heteroatoms. The molecule has 4 atom stereocenters. The predicted octanol–water partition coefficient (Wildman–Crippen LogP) is 9.28. The van der Waals surface area contributed by atoms with Crippen LogP contribution in [0, 0.1) is 11.8 Å². The van der Waals surface area contributed by atoms with Crippen molar-refractivity contribution >= 4 is 0 Å². The molecule has 0 saturated carbocycles. The average Bonchev–Trinajstić information content (AvgIpc) is 2.77. The molecule has 0 amide bonds. The molecule has 0 saturated heterocycles. The van der Waals surface area contributed by atoms with Gasteiger partial charge in [-0.05, 0) is 37.5 Å². The number of rotatable bonds is 22. The molecule has 0 aromatic heterocycles. The quantitative estimate of drug-likeness (QED) is 0.156. The fourth-order valence-corrected chi connectivity index (χ4v) is 4.85. The van der Waals surface area contributed by atoms with Crippen molar-refractivity contribution in [2.24, 2.45) is 11.8 Å². The third-order valence-electron chi connectivity index (χ3n) is 7.04. The molecule has 3 nitrogen and oxygen atoms in total. The molecule has 188 valence electrons. The highest BCUT2D eigenvalue weighted by atomic mass is 16.8. The molecule has 0 aromatic rings. The van der Waals surface area contributed by atoms with Gasteiger partial charge < -0.3 is 14.2 Å². The minimum atomic E-state index is -0.530. The Labute approximate surface area is 196 Å². The van der Waals surface area contributed by atoms with Crippen LogP contribution in [0.5, 0.6) is 0 Å². The Morgan fingerprint density at radius 2 is 0.903 bits per heavy atom. The van der Waals surface area contributed by atoms with Crippen molar-refractivity contribution in [3.05, 3.63) is 0 Å². The second-order valence-corrected chi connectivity index (χ2v) is 9.53. The first-order chi connectivity index (χ1) is 14.9. The molecule has 0 rings (SSSR count). The summed E-state index contributed by atoms with van der Waals surface area (Å²) in [4.78, 5) is 0. The smallest absolute Gasteiger partial charge is 0.171 e. The summed E-state index contributed by atoms with van der Waals surface area (Å²) in [6, 6.07) is 0. The van der Waals surface area contributed by atoms with E-state index < -0.39 is 11.6 Å². The van der Waals surface area contributed by atoms with Gasteiger partial charge in [0.2, 0.25) is 0 Å². The van der Waals surface area contributed by atoms with E-state index in [0.29, 0.717) is 0 Å². The molecule has 0 aliphatic heterocycles. The largest absolute Gasteiger partial charge is 0.350 e. The zero-order valence-corrected chi connectivity index (χ0v) is 22.7. The Kier molecular flexibility index (Phi) is 18.3. The standard InChI is InChI=1S/C28H58O3/c1-9-17-25(13-5)19-23-29-27(15-7,21-11-3)31-28(16-8,22-12-4)30-24-20-26(14-6)18-10-2/h25-26H,9-24H2,1-8H3. The Morgan fingerprint density at radius 3 is 1.16 bits per heavy atom. The normalized spacial score (nSPS) is 17.8. The van der Waals surface area contributed by atoms with Gasteiger partial charge in [0.25, 0.3) is 0 Å². The first-order valence-electron chi connectivity index (χ1n) is 13.9. The van der Waals surface area contributed by atoms with Crippen molar-refractivity contribution in [2.45, 2.75) is 157 Å². The first kappa shape index (κ1) is 30.9. The Morgan fingerprint density at radius 1 is 0.516 bits per heavy atom. The minimum Gasteiger partial charge on any atom is -0.350 e. The maximum absolute atomic E-state index is 6.91. The van der Waals surface area contributed by atoms with Gasteiger partial charge in [0, 0.05) is 12.8 Å². The molecule has 31 heavy (non-hydrogen) atoms. The summed E-state index contributed by atoms with van der Waals surface area (Å²) in [5.41, 5.74) is 0. The summed E-state index contributed by atoms with van der Waals surface area (Å²) in [6.45, 7) is 19.6. The highest BCUT2D eigenvalue weighted by Gasteiger charge is 2.41. The SMILES string of the molecule is CCCC(CC)CCOC(CC)(CCC)OC(CC)(CCC)OCCC(CC)CCC. The highest BCUT2D eigenvalue weighted by molar-refractivity contribution is 4.77.